The van der Waals surface area contributed by atoms with Crippen molar-refractivity contribution >= 4 is 55.6 Å². The SMILES string of the molecule is COCCNC(=O)c1ccc(S(=O)(=O)NC(=O)c2ccc(N3CCN(CC4=C(c5ccc(Cl)cc5)CC(C)(C)CC4)CC3)cc2Oc2ccc3[nH]ccc3c2)cc1. The summed E-state index contributed by atoms with van der Waals surface area (Å²) in [4.78, 5) is 33.9. The van der Waals surface area contributed by atoms with Crippen LogP contribution in [0.2, 0.25) is 5.02 Å². The molecular formula is C44H48ClN5O6S. The number of halogens is 1. The molecule has 0 unspecified atom stereocenters. The molecule has 0 radical (unpaired) electrons. The number of carbonyl (C=O) groups excluding carboxylic acids is 2. The number of hydrogen-bond donors (Lipinski definition) is 3. The molecule has 2 amide bonds. The zero-order valence-electron chi connectivity index (χ0n) is 32.4. The number of amides is 2. The molecule has 0 bridgehead atoms. The third kappa shape index (κ3) is 9.70. The van der Waals surface area contributed by atoms with E-state index in [1.807, 2.05) is 42.6 Å². The standard InChI is InChI=1S/C44H48ClN5O6S/c1-44(2)18-16-33(39(28-44)30-4-8-34(45)9-5-30)29-49-21-23-50(24-22-49)35-10-14-38(41(27-35)56-36-11-15-40-32(26-36)17-19-46-40)43(52)48-57(53,54)37-12-6-31(7-13-37)42(51)47-20-25-55-3/h4-15,17,19,26-27,46H,16,18,20-25,28-29H2,1-3H3,(H,47,51)(H,48,52). The second-order valence-electron chi connectivity index (χ2n) is 15.4. The molecule has 2 aliphatic rings. The van der Waals surface area contributed by atoms with Crippen LogP contribution in [0.25, 0.3) is 16.5 Å². The lowest BCUT2D eigenvalue weighted by molar-refractivity contribution is 0.0935. The van der Waals surface area contributed by atoms with Gasteiger partial charge in [0, 0.05) is 85.8 Å². The number of ether oxygens (including phenoxy) is 2. The quantitative estimate of drug-likeness (QED) is 0.102. The van der Waals surface area contributed by atoms with E-state index in [1.54, 1.807) is 18.2 Å². The first kappa shape index (κ1) is 40.1. The average molecular weight is 810 g/mol. The smallest absolute Gasteiger partial charge is 0.268 e. The van der Waals surface area contributed by atoms with Crippen molar-refractivity contribution in [3.05, 3.63) is 124 Å². The number of sulfonamides is 1. The Labute approximate surface area is 339 Å². The fourth-order valence-electron chi connectivity index (χ4n) is 7.49. The Balaban J connectivity index is 1.08. The number of H-pyrrole nitrogens is 1. The molecule has 2 heterocycles. The molecule has 298 valence electrons. The molecule has 0 atom stereocenters. The van der Waals surface area contributed by atoms with Crippen LogP contribution in [0.15, 0.2) is 108 Å². The highest BCUT2D eigenvalue weighted by Gasteiger charge is 2.30. The van der Waals surface area contributed by atoms with E-state index in [4.69, 9.17) is 21.1 Å². The first-order valence-corrected chi connectivity index (χ1v) is 21.0. The van der Waals surface area contributed by atoms with Crippen LogP contribution in [0, 0.1) is 5.41 Å². The molecule has 5 aromatic rings. The lowest BCUT2D eigenvalue weighted by Crippen LogP contribution is -2.47. The zero-order valence-corrected chi connectivity index (χ0v) is 34.0. The number of allylic oxidation sites excluding steroid dienone is 1. The summed E-state index contributed by atoms with van der Waals surface area (Å²) in [6.07, 6.45) is 5.09. The van der Waals surface area contributed by atoms with Crippen LogP contribution in [-0.2, 0) is 14.8 Å². The Kier molecular flexibility index (Phi) is 12.1. The van der Waals surface area contributed by atoms with Gasteiger partial charge in [0.2, 0.25) is 0 Å². The van der Waals surface area contributed by atoms with Gasteiger partial charge < -0.3 is 24.7 Å². The summed E-state index contributed by atoms with van der Waals surface area (Å²) in [7, 11) is -2.77. The minimum Gasteiger partial charge on any atom is -0.456 e. The number of rotatable bonds is 13. The maximum Gasteiger partial charge on any atom is 0.268 e. The number of methoxy groups -OCH3 is 1. The minimum atomic E-state index is -4.30. The van der Waals surface area contributed by atoms with E-state index in [0.717, 1.165) is 73.6 Å². The Bertz CT molecular complexity index is 2380. The summed E-state index contributed by atoms with van der Waals surface area (Å²) in [5, 5.41) is 4.37. The molecule has 1 aliphatic carbocycles. The number of aromatic amines is 1. The summed E-state index contributed by atoms with van der Waals surface area (Å²) in [5.41, 5.74) is 6.55. The Morgan fingerprint density at radius 3 is 2.39 bits per heavy atom. The van der Waals surface area contributed by atoms with Crippen LogP contribution in [0.1, 0.15) is 59.4 Å². The van der Waals surface area contributed by atoms with Crippen molar-refractivity contribution in [2.45, 2.75) is 38.0 Å². The molecule has 57 heavy (non-hydrogen) atoms. The van der Waals surface area contributed by atoms with Gasteiger partial charge in [0.25, 0.3) is 21.8 Å². The second kappa shape index (κ2) is 17.2. The van der Waals surface area contributed by atoms with Gasteiger partial charge in [0.1, 0.15) is 11.5 Å². The molecule has 1 aromatic heterocycles. The highest BCUT2D eigenvalue weighted by Crippen LogP contribution is 2.43. The third-order valence-electron chi connectivity index (χ3n) is 10.7. The number of benzene rings is 4. The molecule has 1 saturated heterocycles. The molecular weight excluding hydrogens is 762 g/mol. The number of fused-ring (bicyclic) bond motifs is 1. The van der Waals surface area contributed by atoms with E-state index in [1.165, 1.54) is 48.1 Å². The van der Waals surface area contributed by atoms with Crippen molar-refractivity contribution in [3.8, 4) is 11.5 Å². The molecule has 11 nitrogen and oxygen atoms in total. The van der Waals surface area contributed by atoms with Gasteiger partial charge in [-0.15, -0.1) is 0 Å². The molecule has 1 aliphatic heterocycles. The van der Waals surface area contributed by atoms with Crippen LogP contribution >= 0.6 is 11.6 Å². The third-order valence-corrected chi connectivity index (χ3v) is 12.3. The Morgan fingerprint density at radius 1 is 0.895 bits per heavy atom. The van der Waals surface area contributed by atoms with E-state index >= 15 is 0 Å². The fraction of sp³-hybridized carbons (Fsp3) is 0.318. The summed E-state index contributed by atoms with van der Waals surface area (Å²) in [6, 6.07) is 26.3. The number of aromatic nitrogens is 1. The van der Waals surface area contributed by atoms with Crippen molar-refractivity contribution in [2.75, 3.05) is 57.9 Å². The van der Waals surface area contributed by atoms with Crippen LogP contribution in [0.4, 0.5) is 5.69 Å². The maximum absolute atomic E-state index is 13.8. The van der Waals surface area contributed by atoms with Crippen molar-refractivity contribution < 1.29 is 27.5 Å². The van der Waals surface area contributed by atoms with E-state index in [9.17, 15) is 18.0 Å². The van der Waals surface area contributed by atoms with Gasteiger partial charge in [-0.2, -0.15) is 0 Å². The van der Waals surface area contributed by atoms with Gasteiger partial charge in [-0.1, -0.05) is 43.2 Å². The van der Waals surface area contributed by atoms with E-state index in [0.29, 0.717) is 18.9 Å². The first-order chi connectivity index (χ1) is 27.4. The van der Waals surface area contributed by atoms with Gasteiger partial charge in [0.15, 0.2) is 0 Å². The molecule has 0 spiro atoms. The summed E-state index contributed by atoms with van der Waals surface area (Å²) in [5.74, 6) is -0.481. The summed E-state index contributed by atoms with van der Waals surface area (Å²) < 4.78 is 40.3. The first-order valence-electron chi connectivity index (χ1n) is 19.1. The number of nitrogens with one attached hydrogen (secondary N) is 3. The van der Waals surface area contributed by atoms with Crippen molar-refractivity contribution in [2.24, 2.45) is 5.41 Å². The second-order valence-corrected chi connectivity index (χ2v) is 17.5. The fourth-order valence-corrected chi connectivity index (χ4v) is 8.58. The predicted molar refractivity (Wildman–Crippen MR) is 225 cm³/mol. The predicted octanol–water partition coefficient (Wildman–Crippen LogP) is 7.89. The monoisotopic (exact) mass is 809 g/mol. The van der Waals surface area contributed by atoms with Crippen LogP contribution in [0.3, 0.4) is 0 Å². The Hall–Kier alpha value is -5.14. The molecule has 4 aromatic carbocycles. The largest absolute Gasteiger partial charge is 0.456 e. The normalized spacial score (nSPS) is 16.1. The topological polar surface area (TPSA) is 133 Å². The zero-order chi connectivity index (χ0) is 40.2. The van der Waals surface area contributed by atoms with Gasteiger partial charge in [0.05, 0.1) is 17.1 Å². The minimum absolute atomic E-state index is 0.0613. The van der Waals surface area contributed by atoms with Crippen molar-refractivity contribution in [1.82, 2.24) is 19.9 Å². The van der Waals surface area contributed by atoms with E-state index in [2.05, 4.69) is 50.8 Å². The van der Waals surface area contributed by atoms with E-state index < -0.39 is 15.9 Å². The van der Waals surface area contributed by atoms with Crippen LogP contribution in [-0.4, -0.2) is 83.1 Å². The average Bonchev–Trinajstić information content (AvgIpc) is 3.67. The van der Waals surface area contributed by atoms with Crippen molar-refractivity contribution in [1.29, 1.82) is 0 Å². The van der Waals surface area contributed by atoms with Gasteiger partial charge in [-0.05, 0) is 109 Å². The molecule has 1 fully saturated rings. The van der Waals surface area contributed by atoms with Gasteiger partial charge in [-0.25, -0.2) is 13.1 Å². The lowest BCUT2D eigenvalue weighted by Gasteiger charge is -2.39. The highest BCUT2D eigenvalue weighted by molar-refractivity contribution is 7.90. The lowest BCUT2D eigenvalue weighted by atomic mass is 9.72. The van der Waals surface area contributed by atoms with E-state index in [-0.39, 0.29) is 33.1 Å². The maximum atomic E-state index is 13.8. The number of piperazine rings is 1. The highest BCUT2D eigenvalue weighted by atomic mass is 35.5. The van der Waals surface area contributed by atoms with Crippen LogP contribution in [0.5, 0.6) is 11.5 Å². The summed E-state index contributed by atoms with van der Waals surface area (Å²) >= 11 is 6.23. The Morgan fingerprint density at radius 2 is 1.65 bits per heavy atom. The molecule has 13 heteroatoms. The molecule has 3 N–H and O–H groups in total. The number of anilines is 1. The van der Waals surface area contributed by atoms with Crippen LogP contribution < -0.4 is 19.7 Å². The van der Waals surface area contributed by atoms with Gasteiger partial charge >= 0.3 is 0 Å². The number of nitrogens with zero attached hydrogens (tertiary/aromatic N) is 2. The van der Waals surface area contributed by atoms with Crippen molar-refractivity contribution in [3.63, 3.8) is 0 Å². The molecule has 0 saturated carbocycles. The number of carbonyl (C=O) groups is 2. The molecule has 7 rings (SSSR count). The number of hydrogen-bond acceptors (Lipinski definition) is 8. The summed E-state index contributed by atoms with van der Waals surface area (Å²) in [6.45, 7) is 9.51. The van der Waals surface area contributed by atoms with Gasteiger partial charge in [-0.3, -0.25) is 14.5 Å².